The van der Waals surface area contributed by atoms with Crippen LogP contribution in [0.25, 0.3) is 5.82 Å². The highest BCUT2D eigenvalue weighted by molar-refractivity contribution is 6.07. The molecule has 11 nitrogen and oxygen atoms in total. The fourth-order valence-electron chi connectivity index (χ4n) is 3.54. The third-order valence-electron chi connectivity index (χ3n) is 5.02. The van der Waals surface area contributed by atoms with Gasteiger partial charge < -0.3 is 10.5 Å². The van der Waals surface area contributed by atoms with Crippen molar-refractivity contribution >= 4 is 17.4 Å². The Balaban J connectivity index is 2.03. The van der Waals surface area contributed by atoms with E-state index in [0.717, 1.165) is 11.4 Å². The third-order valence-corrected chi connectivity index (χ3v) is 5.02. The molecule has 3 N–H and O–H groups in total. The Labute approximate surface area is 190 Å². The molecular weight excluding hydrogens is 426 g/mol. The van der Waals surface area contributed by atoms with Gasteiger partial charge in [0, 0.05) is 32.1 Å². The van der Waals surface area contributed by atoms with Gasteiger partial charge in [0.05, 0.1) is 17.9 Å². The lowest BCUT2D eigenvalue weighted by Crippen LogP contribution is -2.43. The van der Waals surface area contributed by atoms with E-state index in [1.165, 1.54) is 22.8 Å². The molecule has 176 valence electrons. The van der Waals surface area contributed by atoms with Gasteiger partial charge in [0.1, 0.15) is 5.82 Å². The second-order valence-electron chi connectivity index (χ2n) is 8.19. The van der Waals surface area contributed by atoms with Crippen LogP contribution in [0.1, 0.15) is 35.6 Å². The number of anilines is 2. The van der Waals surface area contributed by atoms with Crippen LogP contribution in [-0.4, -0.2) is 50.5 Å². The summed E-state index contributed by atoms with van der Waals surface area (Å²) >= 11 is 0. The van der Waals surface area contributed by atoms with Crippen LogP contribution in [0.15, 0.2) is 34.0 Å². The van der Waals surface area contributed by atoms with E-state index in [1.807, 2.05) is 33.8 Å². The van der Waals surface area contributed by atoms with E-state index in [0.29, 0.717) is 12.4 Å². The maximum absolute atomic E-state index is 13.4. The van der Waals surface area contributed by atoms with E-state index in [9.17, 15) is 14.4 Å². The number of carbonyl (C=O) groups excluding carboxylic acids is 1. The fraction of sp³-hybridized carbons (Fsp3) is 0.409. The van der Waals surface area contributed by atoms with Crippen molar-refractivity contribution in [3.8, 4) is 5.82 Å². The smallest absolute Gasteiger partial charge is 0.330 e. The van der Waals surface area contributed by atoms with Crippen LogP contribution in [0.2, 0.25) is 0 Å². The Kier molecular flexibility index (Phi) is 7.12. The van der Waals surface area contributed by atoms with E-state index < -0.39 is 17.2 Å². The van der Waals surface area contributed by atoms with Gasteiger partial charge in [-0.25, -0.2) is 14.5 Å². The standard InChI is InChI=1S/C22H29N7O4/c1-13(2)12-28-19(23)18(20(30)25-22(28)32)27(8-9-33-5)21(31)16-6-7-17(24-11-16)29-15(4)10-14(3)26-29/h6-7,10-11,13H,8-9,12,23H2,1-5H3,(H,25,30,32). The molecule has 0 atom stereocenters. The molecule has 0 unspecified atom stereocenters. The van der Waals surface area contributed by atoms with E-state index in [4.69, 9.17) is 10.5 Å². The van der Waals surface area contributed by atoms with E-state index >= 15 is 0 Å². The van der Waals surface area contributed by atoms with Crippen molar-refractivity contribution in [3.63, 3.8) is 0 Å². The number of hydrogen-bond donors (Lipinski definition) is 2. The molecule has 0 spiro atoms. The highest BCUT2D eigenvalue weighted by Gasteiger charge is 2.25. The summed E-state index contributed by atoms with van der Waals surface area (Å²) in [6.07, 6.45) is 1.42. The van der Waals surface area contributed by atoms with Crippen LogP contribution in [-0.2, 0) is 11.3 Å². The number of carbonyl (C=O) groups is 1. The number of nitrogens with one attached hydrogen (secondary N) is 1. The topological polar surface area (TPSA) is 141 Å². The number of methoxy groups -OCH3 is 1. The first kappa shape index (κ1) is 23.9. The average Bonchev–Trinajstić information content (AvgIpc) is 3.10. The Bertz CT molecular complexity index is 1260. The molecule has 0 radical (unpaired) electrons. The third kappa shape index (κ3) is 5.03. The first-order chi connectivity index (χ1) is 15.6. The Morgan fingerprint density at radius 2 is 2.00 bits per heavy atom. The zero-order valence-corrected chi connectivity index (χ0v) is 19.5. The molecule has 33 heavy (non-hydrogen) atoms. The molecule has 0 saturated heterocycles. The number of amides is 1. The number of nitrogens with two attached hydrogens (primary N) is 1. The molecule has 11 heteroatoms. The monoisotopic (exact) mass is 455 g/mol. The van der Waals surface area contributed by atoms with Gasteiger partial charge in [-0.3, -0.25) is 24.0 Å². The molecule has 0 bridgehead atoms. The van der Waals surface area contributed by atoms with Crippen molar-refractivity contribution in [2.75, 3.05) is 30.9 Å². The first-order valence-electron chi connectivity index (χ1n) is 10.6. The number of nitrogens with zero attached hydrogens (tertiary/aromatic N) is 5. The summed E-state index contributed by atoms with van der Waals surface area (Å²) in [5.74, 6) is 0.0852. The number of pyridine rings is 1. The number of rotatable bonds is 8. The Morgan fingerprint density at radius 3 is 2.55 bits per heavy atom. The van der Waals surface area contributed by atoms with Gasteiger partial charge in [-0.15, -0.1) is 0 Å². The summed E-state index contributed by atoms with van der Waals surface area (Å²) in [7, 11) is 1.49. The minimum atomic E-state index is -0.742. The van der Waals surface area contributed by atoms with Gasteiger partial charge in [0.15, 0.2) is 11.5 Å². The van der Waals surface area contributed by atoms with Crippen molar-refractivity contribution in [2.45, 2.75) is 34.2 Å². The van der Waals surface area contributed by atoms with E-state index in [1.54, 1.807) is 16.8 Å². The van der Waals surface area contributed by atoms with Crippen molar-refractivity contribution in [3.05, 3.63) is 62.2 Å². The molecule has 0 aliphatic carbocycles. The second-order valence-corrected chi connectivity index (χ2v) is 8.19. The molecule has 1 amide bonds. The second kappa shape index (κ2) is 9.82. The average molecular weight is 456 g/mol. The summed E-state index contributed by atoms with van der Waals surface area (Å²) in [5.41, 5.74) is 6.77. The molecule has 0 fully saturated rings. The fourth-order valence-corrected chi connectivity index (χ4v) is 3.54. The zero-order chi connectivity index (χ0) is 24.3. The minimum Gasteiger partial charge on any atom is -0.383 e. The van der Waals surface area contributed by atoms with Crippen molar-refractivity contribution < 1.29 is 9.53 Å². The van der Waals surface area contributed by atoms with Crippen LogP contribution in [0.3, 0.4) is 0 Å². The Morgan fingerprint density at radius 1 is 1.27 bits per heavy atom. The molecule has 0 aliphatic rings. The van der Waals surface area contributed by atoms with Crippen LogP contribution < -0.4 is 21.9 Å². The summed E-state index contributed by atoms with van der Waals surface area (Å²) < 4.78 is 8.07. The van der Waals surface area contributed by atoms with Crippen LogP contribution in [0.4, 0.5) is 11.5 Å². The summed E-state index contributed by atoms with van der Waals surface area (Å²) in [5, 5.41) is 4.39. The molecule has 0 saturated carbocycles. The van der Waals surface area contributed by atoms with Gasteiger partial charge in [0.25, 0.3) is 11.5 Å². The van der Waals surface area contributed by atoms with Gasteiger partial charge >= 0.3 is 5.69 Å². The van der Waals surface area contributed by atoms with Crippen molar-refractivity contribution in [1.29, 1.82) is 0 Å². The highest BCUT2D eigenvalue weighted by Crippen LogP contribution is 2.20. The van der Waals surface area contributed by atoms with Gasteiger partial charge in [-0.2, -0.15) is 5.10 Å². The molecule has 3 rings (SSSR count). The SMILES string of the molecule is COCCN(C(=O)c1ccc(-n2nc(C)cc2C)nc1)c1c(N)n(CC(C)C)c(=O)[nH]c1=O. The zero-order valence-electron chi connectivity index (χ0n) is 19.5. The first-order valence-corrected chi connectivity index (χ1v) is 10.6. The van der Waals surface area contributed by atoms with Gasteiger partial charge in [0.2, 0.25) is 0 Å². The number of ether oxygens (including phenoxy) is 1. The maximum Gasteiger partial charge on any atom is 0.330 e. The van der Waals surface area contributed by atoms with E-state index in [-0.39, 0.29) is 36.1 Å². The highest BCUT2D eigenvalue weighted by atomic mass is 16.5. The number of aromatic nitrogens is 5. The molecule has 0 aromatic carbocycles. The number of hydrogen-bond acceptors (Lipinski definition) is 7. The minimum absolute atomic E-state index is 0.0572. The van der Waals surface area contributed by atoms with Crippen LogP contribution in [0, 0.1) is 19.8 Å². The molecule has 3 aromatic rings. The quantitative estimate of drug-likeness (QED) is 0.521. The number of aromatic amines is 1. The number of nitrogen functional groups attached to an aromatic ring is 1. The summed E-state index contributed by atoms with van der Waals surface area (Å²) in [6, 6.07) is 5.21. The van der Waals surface area contributed by atoms with Gasteiger partial charge in [-0.1, -0.05) is 13.8 Å². The summed E-state index contributed by atoms with van der Waals surface area (Å²) in [4.78, 5) is 46.3. The number of H-pyrrole nitrogens is 1. The van der Waals surface area contributed by atoms with Crippen LogP contribution in [0.5, 0.6) is 0 Å². The predicted molar refractivity (Wildman–Crippen MR) is 125 cm³/mol. The lowest BCUT2D eigenvalue weighted by Gasteiger charge is -2.24. The number of aryl methyl sites for hydroxylation is 2. The molecule has 3 aromatic heterocycles. The largest absolute Gasteiger partial charge is 0.383 e. The van der Waals surface area contributed by atoms with Crippen molar-refractivity contribution in [1.82, 2.24) is 24.3 Å². The van der Waals surface area contributed by atoms with Gasteiger partial charge in [-0.05, 0) is 38.0 Å². The molecule has 3 heterocycles. The lowest BCUT2D eigenvalue weighted by molar-refractivity contribution is 0.0975. The lowest BCUT2D eigenvalue weighted by atomic mass is 10.2. The van der Waals surface area contributed by atoms with E-state index in [2.05, 4.69) is 15.1 Å². The Hall–Kier alpha value is -3.73. The molecular formula is C22H29N7O4. The van der Waals surface area contributed by atoms with Crippen LogP contribution >= 0.6 is 0 Å². The maximum atomic E-state index is 13.4. The predicted octanol–water partition coefficient (Wildman–Crippen LogP) is 1.27. The normalized spacial score (nSPS) is 11.2. The summed E-state index contributed by atoms with van der Waals surface area (Å²) in [6.45, 7) is 8.14. The van der Waals surface area contributed by atoms with Crippen molar-refractivity contribution in [2.24, 2.45) is 5.92 Å². The molecule has 0 aliphatic heterocycles.